The monoisotopic (exact) mass is 547 g/mol. The van der Waals surface area contributed by atoms with Crippen molar-refractivity contribution in [1.82, 2.24) is 25.1 Å². The van der Waals surface area contributed by atoms with Crippen molar-refractivity contribution < 1.29 is 27.5 Å². The predicted molar refractivity (Wildman–Crippen MR) is 135 cm³/mol. The van der Waals surface area contributed by atoms with Crippen molar-refractivity contribution in [3.63, 3.8) is 0 Å². The van der Waals surface area contributed by atoms with Gasteiger partial charge in [0, 0.05) is 47.4 Å². The molecule has 4 rings (SSSR count). The van der Waals surface area contributed by atoms with Gasteiger partial charge in [0.05, 0.1) is 0 Å². The van der Waals surface area contributed by atoms with E-state index in [1.807, 2.05) is 12.1 Å². The Morgan fingerprint density at radius 2 is 1.79 bits per heavy atom. The van der Waals surface area contributed by atoms with Gasteiger partial charge in [-0.3, -0.25) is 4.98 Å². The van der Waals surface area contributed by atoms with Crippen LogP contribution < -0.4 is 0 Å². The van der Waals surface area contributed by atoms with Crippen LogP contribution in [-0.2, 0) is 19.0 Å². The van der Waals surface area contributed by atoms with Gasteiger partial charge < -0.3 is 10.0 Å². The Morgan fingerprint density at radius 1 is 1.03 bits per heavy atom. The van der Waals surface area contributed by atoms with Crippen LogP contribution in [-0.4, -0.2) is 47.8 Å². The first-order valence-electron chi connectivity index (χ1n) is 11.7. The van der Waals surface area contributed by atoms with Gasteiger partial charge in [-0.15, -0.1) is 10.2 Å². The van der Waals surface area contributed by atoms with Crippen LogP contribution in [0.5, 0.6) is 0 Å². The molecule has 0 aliphatic carbocycles. The van der Waals surface area contributed by atoms with E-state index in [4.69, 9.17) is 0 Å². The Balaban J connectivity index is 1.55. The minimum Gasteiger partial charge on any atom is -0.465 e. The minimum absolute atomic E-state index is 0.185. The van der Waals surface area contributed by atoms with E-state index < -0.39 is 35.5 Å². The van der Waals surface area contributed by atoms with E-state index in [1.165, 1.54) is 34.6 Å². The lowest BCUT2D eigenvalue weighted by Gasteiger charge is -2.40. The number of amides is 1. The van der Waals surface area contributed by atoms with Gasteiger partial charge in [-0.25, -0.2) is 9.78 Å². The molecule has 7 nitrogen and oxygen atoms in total. The van der Waals surface area contributed by atoms with E-state index in [9.17, 15) is 27.5 Å². The fourth-order valence-corrected chi connectivity index (χ4v) is 5.16. The van der Waals surface area contributed by atoms with Crippen molar-refractivity contribution in [3.8, 4) is 10.6 Å². The topological polar surface area (TPSA) is 92.1 Å². The Morgan fingerprint density at radius 3 is 2.42 bits per heavy atom. The van der Waals surface area contributed by atoms with Crippen molar-refractivity contribution in [1.29, 1.82) is 0 Å². The number of benzene rings is 1. The molecule has 1 aromatic carbocycles. The van der Waals surface area contributed by atoms with E-state index in [0.717, 1.165) is 23.2 Å². The van der Waals surface area contributed by atoms with Crippen molar-refractivity contribution >= 4 is 28.2 Å². The summed E-state index contributed by atoms with van der Waals surface area (Å²) in [7, 11) is 0. The molecule has 12 heteroatoms. The zero-order chi connectivity index (χ0) is 27.7. The standard InChI is InChI=1S/C26H25F4N5O2S/c1-25(2,3)35(24(36)37)19(10-15-4-8-20(31-13-15)26(28,29)30)7-9-22-33-34-23(38-22)16-5-6-17-14-32-21(27)12-18(17)11-16/h4-6,8,11-14,19H,7,9-10H2,1-3H3,(H,36,37). The van der Waals surface area contributed by atoms with E-state index in [-0.39, 0.29) is 6.42 Å². The third-order valence-corrected chi connectivity index (χ3v) is 7.01. The molecular formula is C26H25F4N5O2S. The number of hydrogen-bond acceptors (Lipinski definition) is 6. The maximum absolute atomic E-state index is 13.5. The molecule has 0 aliphatic heterocycles. The molecular weight excluding hydrogens is 522 g/mol. The minimum atomic E-state index is -4.55. The average Bonchev–Trinajstić information content (AvgIpc) is 3.30. The molecule has 1 unspecified atom stereocenters. The highest BCUT2D eigenvalue weighted by Crippen LogP contribution is 2.30. The van der Waals surface area contributed by atoms with Crippen molar-refractivity contribution in [2.75, 3.05) is 0 Å². The fraction of sp³-hybridized carbons (Fsp3) is 0.346. The summed E-state index contributed by atoms with van der Waals surface area (Å²) >= 11 is 1.34. The smallest absolute Gasteiger partial charge is 0.433 e. The molecule has 0 fully saturated rings. The Kier molecular flexibility index (Phi) is 7.63. The van der Waals surface area contributed by atoms with Crippen LogP contribution in [0.25, 0.3) is 21.3 Å². The number of halogens is 4. The van der Waals surface area contributed by atoms with Gasteiger partial charge in [-0.1, -0.05) is 29.5 Å². The molecule has 1 amide bonds. The van der Waals surface area contributed by atoms with Crippen LogP contribution in [0.2, 0.25) is 0 Å². The first kappa shape index (κ1) is 27.4. The van der Waals surface area contributed by atoms with Crippen LogP contribution >= 0.6 is 11.3 Å². The Labute approximate surface area is 220 Å². The molecule has 0 aliphatic rings. The van der Waals surface area contributed by atoms with E-state index in [1.54, 1.807) is 26.8 Å². The lowest BCUT2D eigenvalue weighted by atomic mass is 9.96. The summed E-state index contributed by atoms with van der Waals surface area (Å²) in [4.78, 5) is 20.7. The molecule has 1 N–H and O–H groups in total. The van der Waals surface area contributed by atoms with Crippen LogP contribution in [0.3, 0.4) is 0 Å². The number of rotatable bonds is 7. The zero-order valence-corrected chi connectivity index (χ0v) is 21.6. The van der Waals surface area contributed by atoms with Gasteiger partial charge in [-0.2, -0.15) is 17.6 Å². The highest BCUT2D eigenvalue weighted by molar-refractivity contribution is 7.14. The average molecular weight is 548 g/mol. The summed E-state index contributed by atoms with van der Waals surface area (Å²) in [6.07, 6.45) is -2.13. The largest absolute Gasteiger partial charge is 0.465 e. The molecule has 200 valence electrons. The second-order valence-electron chi connectivity index (χ2n) is 9.84. The Bertz CT molecular complexity index is 1430. The van der Waals surface area contributed by atoms with E-state index in [0.29, 0.717) is 33.8 Å². The number of hydrogen-bond donors (Lipinski definition) is 1. The summed E-state index contributed by atoms with van der Waals surface area (Å²) in [5, 5.41) is 21.3. The lowest BCUT2D eigenvalue weighted by Crippen LogP contribution is -2.52. The first-order valence-corrected chi connectivity index (χ1v) is 12.6. The van der Waals surface area contributed by atoms with E-state index in [2.05, 4.69) is 20.2 Å². The summed E-state index contributed by atoms with van der Waals surface area (Å²) in [6.45, 7) is 5.29. The van der Waals surface area contributed by atoms with E-state index >= 15 is 0 Å². The van der Waals surface area contributed by atoms with Crippen molar-refractivity contribution in [3.05, 3.63) is 71.0 Å². The van der Waals surface area contributed by atoms with Crippen molar-refractivity contribution in [2.24, 2.45) is 0 Å². The molecule has 1 atom stereocenters. The molecule has 0 bridgehead atoms. The zero-order valence-electron chi connectivity index (χ0n) is 20.8. The molecule has 0 saturated carbocycles. The van der Waals surface area contributed by atoms with Crippen molar-refractivity contribution in [2.45, 2.75) is 57.8 Å². The summed E-state index contributed by atoms with van der Waals surface area (Å²) in [6, 6.07) is 8.49. The van der Waals surface area contributed by atoms with Crippen LogP contribution in [0.4, 0.5) is 22.4 Å². The second-order valence-corrected chi connectivity index (χ2v) is 10.9. The molecule has 38 heavy (non-hydrogen) atoms. The number of carboxylic acid groups (broad SMARTS) is 1. The molecule has 0 spiro atoms. The summed E-state index contributed by atoms with van der Waals surface area (Å²) in [5.74, 6) is -0.580. The number of nitrogens with zero attached hydrogens (tertiary/aromatic N) is 5. The third-order valence-electron chi connectivity index (χ3n) is 5.97. The van der Waals surface area contributed by atoms with Gasteiger partial charge in [0.1, 0.15) is 15.7 Å². The normalized spacial score (nSPS) is 13.0. The quantitative estimate of drug-likeness (QED) is 0.206. The molecule has 0 saturated heterocycles. The maximum Gasteiger partial charge on any atom is 0.433 e. The molecule has 3 heterocycles. The highest BCUT2D eigenvalue weighted by Gasteiger charge is 2.35. The number of alkyl halides is 3. The molecule has 3 aromatic heterocycles. The molecule has 0 radical (unpaired) electrons. The van der Waals surface area contributed by atoms with Crippen LogP contribution in [0, 0.1) is 5.95 Å². The highest BCUT2D eigenvalue weighted by atomic mass is 32.1. The van der Waals surface area contributed by atoms with Crippen LogP contribution in [0.15, 0.2) is 48.8 Å². The lowest BCUT2D eigenvalue weighted by molar-refractivity contribution is -0.141. The second kappa shape index (κ2) is 10.6. The van der Waals surface area contributed by atoms with Crippen LogP contribution in [0.1, 0.15) is 43.5 Å². The summed E-state index contributed by atoms with van der Waals surface area (Å²) < 4.78 is 52.3. The SMILES string of the molecule is CC(C)(C)N(C(=O)O)C(CCc1nnc(-c2ccc3cnc(F)cc3c2)s1)Cc1ccc(C(F)(F)F)nc1. The Hall–Kier alpha value is -3.67. The predicted octanol–water partition coefficient (Wildman–Crippen LogP) is 6.63. The fourth-order valence-electron chi connectivity index (χ4n) is 4.31. The number of carbonyl (C=O) groups is 1. The maximum atomic E-state index is 13.5. The van der Waals surface area contributed by atoms with Gasteiger partial charge in [0.25, 0.3) is 0 Å². The van der Waals surface area contributed by atoms with Gasteiger partial charge >= 0.3 is 12.3 Å². The number of aromatic nitrogens is 4. The number of aryl methyl sites for hydroxylation is 1. The first-order chi connectivity index (χ1) is 17.8. The molecule has 4 aromatic rings. The third kappa shape index (κ3) is 6.42. The van der Waals surface area contributed by atoms with Gasteiger partial charge in [0.2, 0.25) is 5.95 Å². The number of fused-ring (bicyclic) bond motifs is 1. The summed E-state index contributed by atoms with van der Waals surface area (Å²) in [5.41, 5.74) is -0.495. The van der Waals surface area contributed by atoms with Gasteiger partial charge in [-0.05, 0) is 56.7 Å². The van der Waals surface area contributed by atoms with Gasteiger partial charge in [0.15, 0.2) is 0 Å². The number of pyridine rings is 2.